The first-order valence-electron chi connectivity index (χ1n) is 9.76. The second kappa shape index (κ2) is 11.2. The number of sulfone groups is 1. The zero-order chi connectivity index (χ0) is 21.3. The molecule has 158 valence electrons. The van der Waals surface area contributed by atoms with Crippen LogP contribution in [-0.4, -0.2) is 26.7 Å². The molecule has 2 rings (SSSR count). The van der Waals surface area contributed by atoms with Crippen LogP contribution in [-0.2, 0) is 20.4 Å². The molecular formula is C22H28ClNO4S. The lowest BCUT2D eigenvalue weighted by atomic mass is 10.1. The SMILES string of the molecule is CCCCOc1ccc([C@@H](C)NC(=O)CCS(=O)(=O)Cc2ccccc2Cl)cc1. The Morgan fingerprint density at radius 3 is 2.48 bits per heavy atom. The summed E-state index contributed by atoms with van der Waals surface area (Å²) in [7, 11) is -3.43. The Balaban J connectivity index is 1.82. The second-order valence-corrected chi connectivity index (χ2v) is 9.58. The Hall–Kier alpha value is -2.05. The van der Waals surface area contributed by atoms with Crippen molar-refractivity contribution < 1.29 is 17.9 Å². The number of unbranched alkanes of at least 4 members (excludes halogenated alkanes) is 1. The monoisotopic (exact) mass is 437 g/mol. The van der Waals surface area contributed by atoms with Crippen molar-refractivity contribution >= 4 is 27.3 Å². The number of carbonyl (C=O) groups excluding carboxylic acids is 1. The number of nitrogens with one attached hydrogen (secondary N) is 1. The fourth-order valence-corrected chi connectivity index (χ4v) is 4.40. The van der Waals surface area contributed by atoms with Gasteiger partial charge in [-0.05, 0) is 42.7 Å². The number of ether oxygens (including phenoxy) is 1. The van der Waals surface area contributed by atoms with Crippen LogP contribution in [0.25, 0.3) is 0 Å². The van der Waals surface area contributed by atoms with E-state index in [1.165, 1.54) is 0 Å². The fourth-order valence-electron chi connectivity index (χ4n) is 2.76. The molecule has 5 nitrogen and oxygen atoms in total. The summed E-state index contributed by atoms with van der Waals surface area (Å²) in [5, 5.41) is 3.26. The standard InChI is InChI=1S/C22H28ClNO4S/c1-3-4-14-28-20-11-9-18(10-12-20)17(2)24-22(25)13-15-29(26,27)16-19-7-5-6-8-21(19)23/h5-12,17H,3-4,13-16H2,1-2H3,(H,24,25)/t17-/m1/s1. The van der Waals surface area contributed by atoms with E-state index in [1.54, 1.807) is 24.3 Å². The molecule has 0 bridgehead atoms. The number of benzene rings is 2. The molecule has 2 aromatic carbocycles. The van der Waals surface area contributed by atoms with Gasteiger partial charge in [0, 0.05) is 11.4 Å². The van der Waals surface area contributed by atoms with E-state index in [0.29, 0.717) is 17.2 Å². The van der Waals surface area contributed by atoms with Gasteiger partial charge in [0.15, 0.2) is 9.84 Å². The Morgan fingerprint density at radius 1 is 1.14 bits per heavy atom. The first-order chi connectivity index (χ1) is 13.8. The summed E-state index contributed by atoms with van der Waals surface area (Å²) in [5.41, 5.74) is 1.48. The Labute approximate surface area is 178 Å². The van der Waals surface area contributed by atoms with Crippen molar-refractivity contribution in [2.75, 3.05) is 12.4 Å². The lowest BCUT2D eigenvalue weighted by Crippen LogP contribution is -2.28. The van der Waals surface area contributed by atoms with Crippen molar-refractivity contribution in [3.05, 3.63) is 64.7 Å². The van der Waals surface area contributed by atoms with Crippen LogP contribution in [0.3, 0.4) is 0 Å². The molecule has 1 atom stereocenters. The third-order valence-corrected chi connectivity index (χ3v) is 6.44. The van der Waals surface area contributed by atoms with Crippen LogP contribution in [0.5, 0.6) is 5.75 Å². The van der Waals surface area contributed by atoms with Gasteiger partial charge >= 0.3 is 0 Å². The molecule has 0 saturated heterocycles. The van der Waals surface area contributed by atoms with Crippen molar-refractivity contribution in [2.45, 2.75) is 44.9 Å². The maximum Gasteiger partial charge on any atom is 0.221 e. The molecule has 2 aromatic rings. The predicted molar refractivity (Wildman–Crippen MR) is 117 cm³/mol. The fraction of sp³-hybridized carbons (Fsp3) is 0.409. The summed E-state index contributed by atoms with van der Waals surface area (Å²) in [6.07, 6.45) is 2.00. The lowest BCUT2D eigenvalue weighted by Gasteiger charge is -2.15. The van der Waals surface area contributed by atoms with Crippen LogP contribution in [0.1, 0.15) is 50.3 Å². The topological polar surface area (TPSA) is 72.5 Å². The summed E-state index contributed by atoms with van der Waals surface area (Å²) in [6.45, 7) is 4.66. The van der Waals surface area contributed by atoms with Crippen molar-refractivity contribution in [2.24, 2.45) is 0 Å². The van der Waals surface area contributed by atoms with Crippen LogP contribution < -0.4 is 10.1 Å². The highest BCUT2D eigenvalue weighted by Gasteiger charge is 2.17. The Kier molecular flexibility index (Phi) is 8.99. The van der Waals surface area contributed by atoms with E-state index in [4.69, 9.17) is 16.3 Å². The quantitative estimate of drug-likeness (QED) is 0.517. The third kappa shape index (κ3) is 8.07. The normalized spacial score (nSPS) is 12.4. The highest BCUT2D eigenvalue weighted by Crippen LogP contribution is 2.19. The molecular weight excluding hydrogens is 410 g/mol. The van der Waals surface area contributed by atoms with Crippen molar-refractivity contribution in [1.29, 1.82) is 0 Å². The highest BCUT2D eigenvalue weighted by molar-refractivity contribution is 7.90. The van der Waals surface area contributed by atoms with Gasteiger partial charge in [0.1, 0.15) is 5.75 Å². The number of amides is 1. The van der Waals surface area contributed by atoms with E-state index in [0.717, 1.165) is 24.2 Å². The molecule has 0 fully saturated rings. The third-order valence-electron chi connectivity index (χ3n) is 4.50. The van der Waals surface area contributed by atoms with E-state index in [9.17, 15) is 13.2 Å². The Bertz CT molecular complexity index is 897. The predicted octanol–water partition coefficient (Wildman–Crippen LogP) is 4.70. The first kappa shape index (κ1) is 23.2. The molecule has 0 heterocycles. The maximum atomic E-state index is 12.3. The van der Waals surface area contributed by atoms with Gasteiger partial charge in [0.25, 0.3) is 0 Å². The van der Waals surface area contributed by atoms with Crippen LogP contribution in [0.15, 0.2) is 48.5 Å². The average Bonchev–Trinajstić information content (AvgIpc) is 2.69. The van der Waals surface area contributed by atoms with Crippen molar-refractivity contribution in [1.82, 2.24) is 5.32 Å². The van der Waals surface area contributed by atoms with Crippen molar-refractivity contribution in [3.8, 4) is 5.75 Å². The molecule has 1 amide bonds. The van der Waals surface area contributed by atoms with Gasteiger partial charge in [-0.3, -0.25) is 4.79 Å². The molecule has 1 N–H and O–H groups in total. The largest absolute Gasteiger partial charge is 0.494 e. The molecule has 0 aliphatic carbocycles. The molecule has 0 radical (unpaired) electrons. The van der Waals surface area contributed by atoms with Crippen LogP contribution in [0.2, 0.25) is 5.02 Å². The Morgan fingerprint density at radius 2 is 1.83 bits per heavy atom. The number of hydrogen-bond acceptors (Lipinski definition) is 4. The molecule has 0 aromatic heterocycles. The van der Waals surface area contributed by atoms with Gasteiger partial charge in [-0.2, -0.15) is 0 Å². The molecule has 0 aliphatic rings. The van der Waals surface area contributed by atoms with Gasteiger partial charge in [-0.1, -0.05) is 55.3 Å². The van der Waals surface area contributed by atoms with Gasteiger partial charge < -0.3 is 10.1 Å². The molecule has 0 aliphatic heterocycles. The summed E-state index contributed by atoms with van der Waals surface area (Å²) in [6, 6.07) is 14.2. The lowest BCUT2D eigenvalue weighted by molar-refractivity contribution is -0.121. The van der Waals surface area contributed by atoms with E-state index in [-0.39, 0.29) is 29.9 Å². The smallest absolute Gasteiger partial charge is 0.221 e. The van der Waals surface area contributed by atoms with Gasteiger partial charge in [0.05, 0.1) is 24.2 Å². The minimum absolute atomic E-state index is 0.0880. The summed E-state index contributed by atoms with van der Waals surface area (Å²) >= 11 is 6.02. The van der Waals surface area contributed by atoms with E-state index in [1.807, 2.05) is 31.2 Å². The summed E-state index contributed by atoms with van der Waals surface area (Å²) in [5.74, 6) is 0.102. The zero-order valence-electron chi connectivity index (χ0n) is 16.9. The van der Waals surface area contributed by atoms with Crippen LogP contribution in [0.4, 0.5) is 0 Å². The van der Waals surface area contributed by atoms with Gasteiger partial charge in [0.2, 0.25) is 5.91 Å². The second-order valence-electron chi connectivity index (χ2n) is 6.99. The minimum atomic E-state index is -3.43. The maximum absolute atomic E-state index is 12.3. The summed E-state index contributed by atoms with van der Waals surface area (Å²) < 4.78 is 30.2. The van der Waals surface area contributed by atoms with Crippen LogP contribution in [0, 0.1) is 0 Å². The van der Waals surface area contributed by atoms with Crippen molar-refractivity contribution in [3.63, 3.8) is 0 Å². The van der Waals surface area contributed by atoms with Gasteiger partial charge in [-0.25, -0.2) is 8.42 Å². The highest BCUT2D eigenvalue weighted by atomic mass is 35.5. The first-order valence-corrected chi connectivity index (χ1v) is 12.0. The minimum Gasteiger partial charge on any atom is -0.494 e. The number of halogens is 1. The molecule has 0 saturated carbocycles. The number of hydrogen-bond donors (Lipinski definition) is 1. The molecule has 0 unspecified atom stereocenters. The average molecular weight is 438 g/mol. The molecule has 0 spiro atoms. The van der Waals surface area contributed by atoms with E-state index < -0.39 is 9.84 Å². The number of rotatable bonds is 11. The van der Waals surface area contributed by atoms with E-state index in [2.05, 4.69) is 12.2 Å². The summed E-state index contributed by atoms with van der Waals surface area (Å²) in [4.78, 5) is 12.2. The van der Waals surface area contributed by atoms with Crippen LogP contribution >= 0.6 is 11.6 Å². The molecule has 29 heavy (non-hydrogen) atoms. The molecule has 7 heteroatoms. The zero-order valence-corrected chi connectivity index (χ0v) is 18.4. The number of carbonyl (C=O) groups is 1. The van der Waals surface area contributed by atoms with Gasteiger partial charge in [-0.15, -0.1) is 0 Å². The van der Waals surface area contributed by atoms with E-state index >= 15 is 0 Å².